The van der Waals surface area contributed by atoms with E-state index in [4.69, 9.17) is 4.89 Å². The monoisotopic (exact) mass is 400 g/mol. The van der Waals surface area contributed by atoms with Crippen LogP contribution in [0.15, 0.2) is 35.4 Å². The highest BCUT2D eigenvalue weighted by Crippen LogP contribution is 2.54. The Balaban J connectivity index is 2.67. The topological polar surface area (TPSA) is 63.6 Å². The lowest BCUT2D eigenvalue weighted by Gasteiger charge is -2.40. The van der Waals surface area contributed by atoms with E-state index < -0.39 is 25.6 Å². The molecule has 1 aliphatic carbocycles. The van der Waals surface area contributed by atoms with E-state index in [-0.39, 0.29) is 18.4 Å². The number of allylic oxidation sites excluding steroid dienone is 1. The molecule has 2 rings (SSSR count). The van der Waals surface area contributed by atoms with Crippen molar-refractivity contribution in [1.82, 2.24) is 0 Å². The quantitative estimate of drug-likeness (QED) is 0.338. The van der Waals surface area contributed by atoms with Gasteiger partial charge in [-0.3, -0.25) is 9.36 Å². The third-order valence-electron chi connectivity index (χ3n) is 5.56. The number of alkyl halides is 2. The fourth-order valence-electron chi connectivity index (χ4n) is 3.99. The maximum atomic E-state index is 15.1. The minimum absolute atomic E-state index is 0.0575. The summed E-state index contributed by atoms with van der Waals surface area (Å²) in [7, 11) is -3.88. The molecular weight excluding hydrogens is 373 g/mol. The van der Waals surface area contributed by atoms with Crippen LogP contribution in [0.5, 0.6) is 0 Å². The summed E-state index contributed by atoms with van der Waals surface area (Å²) in [5.74, 6) is -0.448. The molecule has 0 spiro atoms. The van der Waals surface area contributed by atoms with Crippen LogP contribution in [-0.2, 0) is 9.09 Å². The summed E-state index contributed by atoms with van der Waals surface area (Å²) in [5.41, 5.74) is 0.130. The number of hydrogen-bond donors (Lipinski definition) is 1. The Bertz CT molecular complexity index is 729. The zero-order valence-corrected chi connectivity index (χ0v) is 17.0. The van der Waals surface area contributed by atoms with Gasteiger partial charge in [0, 0.05) is 11.1 Å². The van der Waals surface area contributed by atoms with Crippen molar-refractivity contribution in [3.63, 3.8) is 0 Å². The van der Waals surface area contributed by atoms with Crippen molar-refractivity contribution in [2.75, 3.05) is 0 Å². The second-order valence-electron chi connectivity index (χ2n) is 7.05. The molecular formula is C20H27F2O4P. The minimum Gasteiger partial charge on any atom is -0.326 e. The SMILES string of the molecule is CCC(CC)(C(C(=O)c1ccc(C)cc1)=C1CCCC1)C(F)(F)O[PH](=O)O. The van der Waals surface area contributed by atoms with Crippen molar-refractivity contribution in [3.05, 3.63) is 46.5 Å². The second-order valence-corrected chi connectivity index (χ2v) is 7.79. The van der Waals surface area contributed by atoms with Gasteiger partial charge in [0.1, 0.15) is 0 Å². The summed E-state index contributed by atoms with van der Waals surface area (Å²) in [6.07, 6.45) is -1.24. The Kier molecular flexibility index (Phi) is 7.12. The molecule has 1 aromatic rings. The Morgan fingerprint density at radius 1 is 1.15 bits per heavy atom. The summed E-state index contributed by atoms with van der Waals surface area (Å²) < 4.78 is 45.5. The summed E-state index contributed by atoms with van der Waals surface area (Å²) in [5, 5.41) is 0. The largest absolute Gasteiger partial charge is 0.372 e. The van der Waals surface area contributed by atoms with Crippen LogP contribution in [0, 0.1) is 12.3 Å². The average molecular weight is 400 g/mol. The lowest BCUT2D eigenvalue weighted by Crippen LogP contribution is -2.45. The van der Waals surface area contributed by atoms with E-state index in [1.165, 1.54) is 0 Å². The summed E-state index contributed by atoms with van der Waals surface area (Å²) in [4.78, 5) is 22.4. The molecule has 150 valence electrons. The predicted octanol–water partition coefficient (Wildman–Crippen LogP) is 5.85. The number of carbonyl (C=O) groups is 1. The van der Waals surface area contributed by atoms with Crippen molar-refractivity contribution in [2.45, 2.75) is 65.4 Å². The minimum atomic E-state index is -3.92. The van der Waals surface area contributed by atoms with E-state index in [1.807, 2.05) is 6.92 Å². The molecule has 4 nitrogen and oxygen atoms in total. The first-order valence-corrected chi connectivity index (χ1v) is 10.6. The Morgan fingerprint density at radius 2 is 1.67 bits per heavy atom. The van der Waals surface area contributed by atoms with Gasteiger partial charge in [-0.05, 0) is 45.4 Å². The highest BCUT2D eigenvalue weighted by molar-refractivity contribution is 7.32. The molecule has 1 N–H and O–H groups in total. The maximum Gasteiger partial charge on any atom is 0.372 e. The van der Waals surface area contributed by atoms with Crippen molar-refractivity contribution < 1.29 is 27.6 Å². The number of benzene rings is 1. The first-order valence-electron chi connectivity index (χ1n) is 9.32. The lowest BCUT2D eigenvalue weighted by molar-refractivity contribution is -0.248. The molecule has 1 saturated carbocycles. The number of carbonyl (C=O) groups excluding carboxylic acids is 1. The normalized spacial score (nSPS) is 16.4. The van der Waals surface area contributed by atoms with Gasteiger partial charge >= 0.3 is 14.4 Å². The number of halogens is 2. The molecule has 1 atom stereocenters. The van der Waals surface area contributed by atoms with Gasteiger partial charge in [0.05, 0.1) is 5.41 Å². The zero-order chi connectivity index (χ0) is 20.2. The highest BCUT2D eigenvalue weighted by atomic mass is 31.1. The third-order valence-corrected chi connectivity index (χ3v) is 5.99. The van der Waals surface area contributed by atoms with Crippen molar-refractivity contribution in [2.24, 2.45) is 5.41 Å². The number of ketones is 1. The Hall–Kier alpha value is -1.36. The van der Waals surface area contributed by atoms with Crippen molar-refractivity contribution in [3.8, 4) is 0 Å². The molecule has 1 aromatic carbocycles. The van der Waals surface area contributed by atoms with E-state index >= 15 is 8.78 Å². The number of Topliss-reactive ketones (excluding diaryl/α,β-unsaturated/α-hetero) is 1. The van der Waals surface area contributed by atoms with Gasteiger partial charge in [0.2, 0.25) is 0 Å². The van der Waals surface area contributed by atoms with Gasteiger partial charge in [0.15, 0.2) is 5.78 Å². The van der Waals surface area contributed by atoms with Gasteiger partial charge < -0.3 is 4.89 Å². The molecule has 1 unspecified atom stereocenters. The average Bonchev–Trinajstić information content (AvgIpc) is 3.12. The highest BCUT2D eigenvalue weighted by Gasteiger charge is 2.58. The van der Waals surface area contributed by atoms with E-state index in [9.17, 15) is 9.36 Å². The molecule has 1 aliphatic rings. The van der Waals surface area contributed by atoms with Crippen molar-refractivity contribution in [1.29, 1.82) is 0 Å². The van der Waals surface area contributed by atoms with Crippen LogP contribution in [0.25, 0.3) is 0 Å². The first kappa shape index (κ1) is 21.9. The van der Waals surface area contributed by atoms with Gasteiger partial charge in [-0.2, -0.15) is 8.78 Å². The Labute approximate surface area is 159 Å². The maximum absolute atomic E-state index is 15.1. The van der Waals surface area contributed by atoms with E-state index in [2.05, 4.69) is 4.52 Å². The van der Waals surface area contributed by atoms with Crippen LogP contribution in [0.4, 0.5) is 8.78 Å². The Morgan fingerprint density at radius 3 is 2.11 bits per heavy atom. The predicted molar refractivity (Wildman–Crippen MR) is 101 cm³/mol. The van der Waals surface area contributed by atoms with Crippen LogP contribution >= 0.6 is 8.25 Å². The molecule has 0 aliphatic heterocycles. The fraction of sp³-hybridized carbons (Fsp3) is 0.550. The molecule has 0 amide bonds. The molecule has 27 heavy (non-hydrogen) atoms. The van der Waals surface area contributed by atoms with Crippen LogP contribution in [-0.4, -0.2) is 16.8 Å². The smallest absolute Gasteiger partial charge is 0.326 e. The van der Waals surface area contributed by atoms with E-state index in [0.29, 0.717) is 24.0 Å². The van der Waals surface area contributed by atoms with Crippen LogP contribution in [0.3, 0.4) is 0 Å². The van der Waals surface area contributed by atoms with Gasteiger partial charge in [0.25, 0.3) is 0 Å². The van der Waals surface area contributed by atoms with Gasteiger partial charge in [-0.1, -0.05) is 49.2 Å². The number of hydrogen-bond acceptors (Lipinski definition) is 3. The van der Waals surface area contributed by atoms with E-state index in [1.54, 1.807) is 38.1 Å². The van der Waals surface area contributed by atoms with Crippen LogP contribution in [0.2, 0.25) is 0 Å². The second kappa shape index (κ2) is 8.76. The van der Waals surface area contributed by atoms with E-state index in [0.717, 1.165) is 18.4 Å². The molecule has 0 saturated heterocycles. The third kappa shape index (κ3) is 4.39. The van der Waals surface area contributed by atoms with Gasteiger partial charge in [-0.15, -0.1) is 0 Å². The molecule has 1 fully saturated rings. The molecule has 0 radical (unpaired) electrons. The lowest BCUT2D eigenvalue weighted by atomic mass is 9.69. The van der Waals surface area contributed by atoms with Crippen LogP contribution < -0.4 is 0 Å². The summed E-state index contributed by atoms with van der Waals surface area (Å²) in [6, 6.07) is 6.81. The first-order chi connectivity index (χ1) is 12.7. The molecule has 0 heterocycles. The number of rotatable bonds is 8. The fourth-order valence-corrected chi connectivity index (χ4v) is 4.40. The molecule has 7 heteroatoms. The van der Waals surface area contributed by atoms with Crippen molar-refractivity contribution >= 4 is 14.0 Å². The summed E-state index contributed by atoms with van der Waals surface area (Å²) in [6.45, 7) is 5.01. The summed E-state index contributed by atoms with van der Waals surface area (Å²) >= 11 is 0. The molecule has 0 bridgehead atoms. The van der Waals surface area contributed by atoms with Gasteiger partial charge in [-0.25, -0.2) is 4.52 Å². The van der Waals surface area contributed by atoms with Crippen LogP contribution in [0.1, 0.15) is 68.3 Å². The standard InChI is InChI=1S/C20H27F2O4P/c1-4-19(5-2,20(21,22)26-27(24)25)17(15-8-6-7-9-15)18(23)16-12-10-14(3)11-13-16/h10-13,27H,4-9H2,1-3H3,(H,24,25). The molecule has 0 aromatic heterocycles. The number of aryl methyl sites for hydroxylation is 1. The zero-order valence-electron chi connectivity index (χ0n) is 16.0.